The molecule has 0 spiro atoms. The molecule has 28 heavy (non-hydrogen) atoms. The lowest BCUT2D eigenvalue weighted by Crippen LogP contribution is -2.37. The van der Waals surface area contributed by atoms with Crippen molar-refractivity contribution in [2.45, 2.75) is 64.7 Å². The minimum Gasteiger partial charge on any atom is -0.326 e. The van der Waals surface area contributed by atoms with Crippen LogP contribution in [0.15, 0.2) is 42.6 Å². The number of hydrogen-bond acceptors (Lipinski definition) is 4. The van der Waals surface area contributed by atoms with Gasteiger partial charge in [-0.2, -0.15) is 5.26 Å². The van der Waals surface area contributed by atoms with Crippen LogP contribution in [0, 0.1) is 11.3 Å². The number of hydrogen-bond donors (Lipinski definition) is 0. The van der Waals surface area contributed by atoms with Gasteiger partial charge in [-0.3, -0.25) is 9.88 Å². The molecule has 144 valence electrons. The van der Waals surface area contributed by atoms with E-state index in [-0.39, 0.29) is 0 Å². The highest BCUT2D eigenvalue weighted by Gasteiger charge is 2.30. The molecular weight excluding hydrogens is 346 g/mol. The summed E-state index contributed by atoms with van der Waals surface area (Å²) in [5.74, 6) is 1.04. The SMILES string of the molecule is CC(C)N(Cc1nc2ccccc2n1CCC#N)C1CCCc2cccnc21. The summed E-state index contributed by atoms with van der Waals surface area (Å²) in [6, 6.07) is 15.4. The number of fused-ring (bicyclic) bond motifs is 2. The van der Waals surface area contributed by atoms with Gasteiger partial charge in [-0.25, -0.2) is 4.98 Å². The predicted molar refractivity (Wildman–Crippen MR) is 111 cm³/mol. The van der Waals surface area contributed by atoms with E-state index >= 15 is 0 Å². The Morgan fingerprint density at radius 3 is 2.93 bits per heavy atom. The van der Waals surface area contributed by atoms with E-state index in [1.165, 1.54) is 17.7 Å². The molecular formula is C23H27N5. The van der Waals surface area contributed by atoms with Crippen LogP contribution < -0.4 is 0 Å². The van der Waals surface area contributed by atoms with E-state index in [0.717, 1.165) is 36.2 Å². The van der Waals surface area contributed by atoms with Crippen molar-refractivity contribution in [3.8, 4) is 6.07 Å². The van der Waals surface area contributed by atoms with E-state index in [0.29, 0.717) is 25.0 Å². The minimum atomic E-state index is 0.314. The van der Waals surface area contributed by atoms with E-state index in [9.17, 15) is 0 Å². The van der Waals surface area contributed by atoms with Crippen LogP contribution in [-0.4, -0.2) is 25.5 Å². The molecule has 2 aromatic heterocycles. The largest absolute Gasteiger partial charge is 0.326 e. The molecule has 2 heterocycles. The van der Waals surface area contributed by atoms with Crippen molar-refractivity contribution in [2.24, 2.45) is 0 Å². The fourth-order valence-electron chi connectivity index (χ4n) is 4.38. The highest BCUT2D eigenvalue weighted by Crippen LogP contribution is 2.35. The van der Waals surface area contributed by atoms with Crippen molar-refractivity contribution in [3.63, 3.8) is 0 Å². The standard InChI is InChI=1S/C23H27N5/c1-17(2)28(21-12-5-8-18-9-6-14-25-23(18)21)16-22-26-19-10-3-4-11-20(19)27(22)15-7-13-24/h3-4,6,9-11,14,17,21H,5,7-8,12,15-16H2,1-2H3. The molecule has 1 aliphatic carbocycles. The molecule has 0 amide bonds. The summed E-state index contributed by atoms with van der Waals surface area (Å²) in [6.45, 7) is 5.94. The van der Waals surface area contributed by atoms with Crippen molar-refractivity contribution in [2.75, 3.05) is 0 Å². The number of benzene rings is 1. The van der Waals surface area contributed by atoms with Gasteiger partial charge in [0.2, 0.25) is 0 Å². The third-order valence-electron chi connectivity index (χ3n) is 5.73. The molecule has 0 aliphatic heterocycles. The highest BCUT2D eigenvalue weighted by molar-refractivity contribution is 5.75. The maximum atomic E-state index is 9.11. The number of pyridine rings is 1. The van der Waals surface area contributed by atoms with Crippen molar-refractivity contribution < 1.29 is 0 Å². The average molecular weight is 374 g/mol. The molecule has 0 N–H and O–H groups in total. The first kappa shape index (κ1) is 18.6. The van der Waals surface area contributed by atoms with Gasteiger partial charge in [-0.05, 0) is 56.9 Å². The Bertz CT molecular complexity index is 998. The van der Waals surface area contributed by atoms with Gasteiger partial charge in [0, 0.05) is 18.8 Å². The van der Waals surface area contributed by atoms with Gasteiger partial charge in [0.15, 0.2) is 0 Å². The normalized spacial score (nSPS) is 16.5. The number of rotatable bonds is 6. The zero-order valence-electron chi connectivity index (χ0n) is 16.7. The summed E-state index contributed by atoms with van der Waals surface area (Å²) in [6.07, 6.45) is 5.84. The fraction of sp³-hybridized carbons (Fsp3) is 0.435. The summed E-state index contributed by atoms with van der Waals surface area (Å²) in [5.41, 5.74) is 4.71. The molecule has 0 saturated heterocycles. The van der Waals surface area contributed by atoms with E-state index in [1.54, 1.807) is 0 Å². The Balaban J connectivity index is 1.71. The molecule has 0 radical (unpaired) electrons. The van der Waals surface area contributed by atoms with Gasteiger partial charge < -0.3 is 4.57 Å². The zero-order valence-corrected chi connectivity index (χ0v) is 16.7. The summed E-state index contributed by atoms with van der Waals surface area (Å²) >= 11 is 0. The molecule has 1 aliphatic rings. The molecule has 5 nitrogen and oxygen atoms in total. The van der Waals surface area contributed by atoms with Gasteiger partial charge in [0.05, 0.1) is 41.8 Å². The van der Waals surface area contributed by atoms with Crippen molar-refractivity contribution in [3.05, 3.63) is 59.7 Å². The maximum absolute atomic E-state index is 9.11. The Morgan fingerprint density at radius 1 is 1.25 bits per heavy atom. The number of nitrogens with zero attached hydrogens (tertiary/aromatic N) is 5. The summed E-state index contributed by atoms with van der Waals surface area (Å²) < 4.78 is 2.22. The van der Waals surface area contributed by atoms with Crippen molar-refractivity contribution in [1.82, 2.24) is 19.4 Å². The number of aromatic nitrogens is 3. The Kier molecular flexibility index (Phi) is 5.40. The van der Waals surface area contributed by atoms with Crippen LogP contribution in [0.25, 0.3) is 11.0 Å². The first-order valence-electron chi connectivity index (χ1n) is 10.2. The van der Waals surface area contributed by atoms with Crippen LogP contribution in [0.5, 0.6) is 0 Å². The molecule has 0 saturated carbocycles. The number of para-hydroxylation sites is 2. The van der Waals surface area contributed by atoms with Gasteiger partial charge in [-0.1, -0.05) is 18.2 Å². The van der Waals surface area contributed by atoms with Gasteiger partial charge >= 0.3 is 0 Å². The maximum Gasteiger partial charge on any atom is 0.124 e. The van der Waals surface area contributed by atoms with Crippen LogP contribution in [0.2, 0.25) is 0 Å². The quantitative estimate of drug-likeness (QED) is 0.632. The minimum absolute atomic E-state index is 0.314. The van der Waals surface area contributed by atoms with E-state index in [4.69, 9.17) is 15.2 Å². The van der Waals surface area contributed by atoms with Crippen LogP contribution >= 0.6 is 0 Å². The summed E-state index contributed by atoms with van der Waals surface area (Å²) in [7, 11) is 0. The van der Waals surface area contributed by atoms with Gasteiger partial charge in [0.25, 0.3) is 0 Å². The van der Waals surface area contributed by atoms with Crippen LogP contribution in [-0.2, 0) is 19.5 Å². The van der Waals surface area contributed by atoms with Gasteiger partial charge in [0.1, 0.15) is 5.82 Å². The molecule has 4 rings (SSSR count). The molecule has 1 atom stereocenters. The second-order valence-electron chi connectivity index (χ2n) is 7.80. The number of aryl methyl sites for hydroxylation is 2. The lowest BCUT2D eigenvalue weighted by atomic mass is 9.90. The lowest BCUT2D eigenvalue weighted by molar-refractivity contribution is 0.121. The second-order valence-corrected chi connectivity index (χ2v) is 7.80. The topological polar surface area (TPSA) is 57.7 Å². The zero-order chi connectivity index (χ0) is 19.5. The number of nitriles is 1. The highest BCUT2D eigenvalue weighted by atomic mass is 15.2. The van der Waals surface area contributed by atoms with E-state index < -0.39 is 0 Å². The Morgan fingerprint density at radius 2 is 2.11 bits per heavy atom. The van der Waals surface area contributed by atoms with Crippen LogP contribution in [0.4, 0.5) is 0 Å². The predicted octanol–water partition coefficient (Wildman–Crippen LogP) is 4.63. The average Bonchev–Trinajstić information content (AvgIpc) is 3.07. The number of imidazole rings is 1. The molecule has 5 heteroatoms. The molecule has 0 bridgehead atoms. The fourth-order valence-corrected chi connectivity index (χ4v) is 4.38. The van der Waals surface area contributed by atoms with E-state index in [2.05, 4.69) is 47.6 Å². The Labute approximate surface area is 166 Å². The van der Waals surface area contributed by atoms with E-state index in [1.807, 2.05) is 24.4 Å². The second kappa shape index (κ2) is 8.12. The van der Waals surface area contributed by atoms with Crippen LogP contribution in [0.3, 0.4) is 0 Å². The van der Waals surface area contributed by atoms with Crippen LogP contribution in [0.1, 0.15) is 56.2 Å². The van der Waals surface area contributed by atoms with Crippen molar-refractivity contribution in [1.29, 1.82) is 5.26 Å². The first-order chi connectivity index (χ1) is 13.7. The molecule has 1 unspecified atom stereocenters. The third-order valence-corrected chi connectivity index (χ3v) is 5.73. The monoisotopic (exact) mass is 373 g/mol. The lowest BCUT2D eigenvalue weighted by Gasteiger charge is -2.37. The Hall–Kier alpha value is -2.71. The molecule has 3 aromatic rings. The summed E-state index contributed by atoms with van der Waals surface area (Å²) in [4.78, 5) is 12.2. The van der Waals surface area contributed by atoms with Crippen molar-refractivity contribution >= 4 is 11.0 Å². The van der Waals surface area contributed by atoms with Gasteiger partial charge in [-0.15, -0.1) is 0 Å². The molecule has 0 fully saturated rings. The molecule has 1 aromatic carbocycles. The smallest absolute Gasteiger partial charge is 0.124 e. The third kappa shape index (κ3) is 3.53. The first-order valence-corrected chi connectivity index (χ1v) is 10.2. The summed E-state index contributed by atoms with van der Waals surface area (Å²) in [5, 5.41) is 9.11.